The van der Waals surface area contributed by atoms with Gasteiger partial charge < -0.3 is 21.7 Å². The molecule has 1 saturated heterocycles. The number of fused-ring (bicyclic) bond motifs is 2. The van der Waals surface area contributed by atoms with Gasteiger partial charge in [0.25, 0.3) is 0 Å². The van der Waals surface area contributed by atoms with Gasteiger partial charge in [0.2, 0.25) is 17.7 Å². The van der Waals surface area contributed by atoms with E-state index >= 15 is 4.39 Å². The monoisotopic (exact) mass is 688 g/mol. The molecule has 0 aromatic heterocycles. The fourth-order valence-corrected chi connectivity index (χ4v) is 6.90. The number of halogens is 3. The van der Waals surface area contributed by atoms with E-state index < -0.39 is 35.1 Å². The molecule has 214 valence electrons. The van der Waals surface area contributed by atoms with Crippen LogP contribution in [0.1, 0.15) is 60.2 Å². The number of nitrogens with one attached hydrogen (secondary N) is 3. The van der Waals surface area contributed by atoms with Gasteiger partial charge in [-0.25, -0.2) is 4.39 Å². The van der Waals surface area contributed by atoms with E-state index in [1.54, 1.807) is 24.3 Å². The highest BCUT2D eigenvalue weighted by Crippen LogP contribution is 2.56. The van der Waals surface area contributed by atoms with Gasteiger partial charge in [-0.2, -0.15) is 0 Å². The van der Waals surface area contributed by atoms with Crippen LogP contribution in [0.4, 0.5) is 15.8 Å². The minimum Gasteiger partial charge on any atom is -0.366 e. The van der Waals surface area contributed by atoms with E-state index in [1.807, 2.05) is 12.1 Å². The van der Waals surface area contributed by atoms with E-state index in [0.717, 1.165) is 11.1 Å². The Hall–Kier alpha value is -3.02. The minimum atomic E-state index is -1.22. The van der Waals surface area contributed by atoms with Gasteiger partial charge in [-0.1, -0.05) is 67.1 Å². The topological polar surface area (TPSA) is 113 Å². The summed E-state index contributed by atoms with van der Waals surface area (Å²) in [5.74, 6) is -2.40. The molecule has 5 rings (SSSR count). The first-order valence-corrected chi connectivity index (χ1v) is 15.2. The second-order valence-corrected chi connectivity index (χ2v) is 13.1. The highest BCUT2D eigenvalue weighted by Gasteiger charge is 2.65. The van der Waals surface area contributed by atoms with Crippen LogP contribution in [0.3, 0.4) is 0 Å². The Morgan fingerprint density at radius 2 is 1.80 bits per heavy atom. The zero-order valence-electron chi connectivity index (χ0n) is 22.9. The Morgan fingerprint density at radius 3 is 2.44 bits per heavy atom. The molecule has 2 aliphatic heterocycles. The molecule has 10 heteroatoms. The molecular formula is C31H31ClFIN4O3. The Bertz CT molecular complexity index is 1540. The number of benzene rings is 3. The fourth-order valence-electron chi connectivity index (χ4n) is 6.29. The van der Waals surface area contributed by atoms with E-state index in [-0.39, 0.29) is 17.2 Å². The van der Waals surface area contributed by atoms with Crippen molar-refractivity contribution < 1.29 is 18.8 Å². The Balaban J connectivity index is 1.69. The SMILES string of the molecule is CC(C)(C)C[C@@H]1N[C@@H](C(=O)Nc2ccc(C(N)=O)cc2)[C@H](c2cc(F)cc(CI)c2)[C@]12C(=O)Nc1cc(Cl)ccc12. The van der Waals surface area contributed by atoms with Crippen molar-refractivity contribution in [1.82, 2.24) is 5.32 Å². The van der Waals surface area contributed by atoms with Crippen LogP contribution in [0.25, 0.3) is 0 Å². The van der Waals surface area contributed by atoms with Crippen LogP contribution in [0.5, 0.6) is 0 Å². The van der Waals surface area contributed by atoms with Gasteiger partial charge in [0.15, 0.2) is 0 Å². The van der Waals surface area contributed by atoms with Crippen molar-refractivity contribution in [2.24, 2.45) is 11.1 Å². The van der Waals surface area contributed by atoms with Crippen molar-refractivity contribution >= 4 is 63.3 Å². The molecule has 0 aliphatic carbocycles. The number of carbonyl (C=O) groups excluding carboxylic acids is 3. The summed E-state index contributed by atoms with van der Waals surface area (Å²) in [4.78, 5) is 39.8. The molecule has 1 fully saturated rings. The average molecular weight is 689 g/mol. The maximum atomic E-state index is 15.1. The molecule has 1 spiro atoms. The van der Waals surface area contributed by atoms with Crippen LogP contribution in [-0.4, -0.2) is 29.8 Å². The first-order valence-electron chi connectivity index (χ1n) is 13.3. The van der Waals surface area contributed by atoms with E-state index in [1.165, 1.54) is 24.3 Å². The number of rotatable bonds is 6. The third-order valence-corrected chi connectivity index (χ3v) is 8.95. The van der Waals surface area contributed by atoms with Crippen molar-refractivity contribution in [1.29, 1.82) is 0 Å². The number of alkyl halides is 1. The Kier molecular flexibility index (Phi) is 7.90. The lowest BCUT2D eigenvalue weighted by molar-refractivity contribution is -0.122. The Morgan fingerprint density at radius 1 is 1.10 bits per heavy atom. The van der Waals surface area contributed by atoms with Crippen LogP contribution in [0.2, 0.25) is 5.02 Å². The predicted molar refractivity (Wildman–Crippen MR) is 167 cm³/mol. The molecule has 2 aliphatic rings. The Labute approximate surface area is 256 Å². The van der Waals surface area contributed by atoms with Crippen molar-refractivity contribution in [2.75, 3.05) is 10.6 Å². The van der Waals surface area contributed by atoms with E-state index in [0.29, 0.717) is 38.4 Å². The first-order chi connectivity index (χ1) is 19.3. The standard InChI is InChI=1S/C31H31ClFIN4O3/c1-30(2,3)14-24-31(22-9-6-19(32)13-23(22)37-29(31)41)25(18-10-16(15-34)11-20(33)12-18)26(38-24)28(40)36-21-7-4-17(5-8-21)27(35)39/h4-13,24-26,38H,14-15H2,1-3H3,(H2,35,39)(H,36,40)(H,37,41)/t24-,25-,26+,31+/m0/s1. The lowest BCUT2D eigenvalue weighted by atomic mass is 9.62. The van der Waals surface area contributed by atoms with Crippen molar-refractivity contribution in [2.45, 2.75) is 55.0 Å². The van der Waals surface area contributed by atoms with Crippen molar-refractivity contribution in [3.05, 3.63) is 93.8 Å². The zero-order chi connectivity index (χ0) is 29.7. The second kappa shape index (κ2) is 11.0. The smallest absolute Gasteiger partial charge is 0.248 e. The lowest BCUT2D eigenvalue weighted by Gasteiger charge is -2.37. The number of anilines is 2. The highest BCUT2D eigenvalue weighted by atomic mass is 127. The molecule has 0 unspecified atom stereocenters. The summed E-state index contributed by atoms with van der Waals surface area (Å²) in [5.41, 5.74) is 7.33. The highest BCUT2D eigenvalue weighted by molar-refractivity contribution is 14.1. The molecule has 3 amide bonds. The number of carbonyl (C=O) groups is 3. The second-order valence-electron chi connectivity index (χ2n) is 11.9. The lowest BCUT2D eigenvalue weighted by Crippen LogP contribution is -2.49. The molecule has 2 heterocycles. The molecule has 3 aromatic rings. The van der Waals surface area contributed by atoms with Crippen LogP contribution < -0.4 is 21.7 Å². The van der Waals surface area contributed by atoms with Crippen LogP contribution in [0.15, 0.2) is 60.7 Å². The van der Waals surface area contributed by atoms with Gasteiger partial charge in [0.05, 0.1) is 6.04 Å². The van der Waals surface area contributed by atoms with Gasteiger partial charge in [0.1, 0.15) is 11.2 Å². The normalized spacial score (nSPS) is 23.4. The summed E-state index contributed by atoms with van der Waals surface area (Å²) >= 11 is 8.48. The number of primary amides is 1. The van der Waals surface area contributed by atoms with Gasteiger partial charge >= 0.3 is 0 Å². The maximum Gasteiger partial charge on any atom is 0.248 e. The summed E-state index contributed by atoms with van der Waals surface area (Å²) in [6.45, 7) is 6.24. The number of amides is 3. The van der Waals surface area contributed by atoms with E-state index in [4.69, 9.17) is 17.3 Å². The molecular weight excluding hydrogens is 658 g/mol. The largest absolute Gasteiger partial charge is 0.366 e. The number of hydrogen-bond acceptors (Lipinski definition) is 4. The molecule has 41 heavy (non-hydrogen) atoms. The summed E-state index contributed by atoms with van der Waals surface area (Å²) in [7, 11) is 0. The molecule has 7 nitrogen and oxygen atoms in total. The molecule has 5 N–H and O–H groups in total. The van der Waals surface area contributed by atoms with Crippen LogP contribution >= 0.6 is 34.2 Å². The minimum absolute atomic E-state index is 0.212. The van der Waals surface area contributed by atoms with Crippen molar-refractivity contribution in [3.63, 3.8) is 0 Å². The third kappa shape index (κ3) is 5.47. The fraction of sp³-hybridized carbons (Fsp3) is 0.323. The van der Waals surface area contributed by atoms with Gasteiger partial charge in [-0.15, -0.1) is 0 Å². The van der Waals surface area contributed by atoms with Crippen LogP contribution in [-0.2, 0) is 19.4 Å². The van der Waals surface area contributed by atoms with Gasteiger partial charge in [-0.3, -0.25) is 14.4 Å². The summed E-state index contributed by atoms with van der Waals surface area (Å²) in [5, 5.41) is 9.94. The van der Waals surface area contributed by atoms with Crippen LogP contribution in [0, 0.1) is 11.2 Å². The molecule has 3 aromatic carbocycles. The van der Waals surface area contributed by atoms with E-state index in [2.05, 4.69) is 59.3 Å². The third-order valence-electron chi connectivity index (χ3n) is 7.83. The molecule has 0 radical (unpaired) electrons. The number of nitrogens with two attached hydrogens (primary N) is 1. The quantitative estimate of drug-likeness (QED) is 0.191. The molecule has 4 atom stereocenters. The summed E-state index contributed by atoms with van der Waals surface area (Å²) in [6, 6.07) is 15.0. The zero-order valence-corrected chi connectivity index (χ0v) is 25.8. The first kappa shape index (κ1) is 29.5. The van der Waals surface area contributed by atoms with Gasteiger partial charge in [-0.05, 0) is 77.1 Å². The summed E-state index contributed by atoms with van der Waals surface area (Å²) in [6.07, 6.45) is 0.560. The average Bonchev–Trinajstić information content (AvgIpc) is 3.37. The summed E-state index contributed by atoms with van der Waals surface area (Å²) < 4.78 is 15.6. The predicted octanol–water partition coefficient (Wildman–Crippen LogP) is 5.90. The molecule has 0 saturated carbocycles. The molecule has 0 bridgehead atoms. The maximum absolute atomic E-state index is 15.1. The van der Waals surface area contributed by atoms with Crippen molar-refractivity contribution in [3.8, 4) is 0 Å². The van der Waals surface area contributed by atoms with E-state index in [9.17, 15) is 14.4 Å². The van der Waals surface area contributed by atoms with Gasteiger partial charge in [0, 0.05) is 38.3 Å². The number of hydrogen-bond donors (Lipinski definition) is 4.